The van der Waals surface area contributed by atoms with Crippen molar-refractivity contribution >= 4 is 17.7 Å². The molecule has 0 spiro atoms. The number of hydrogen-bond acceptors (Lipinski definition) is 5. The minimum atomic E-state index is 0.233. The Kier molecular flexibility index (Phi) is 8.62. The molecule has 1 aliphatic heterocycles. The molecule has 174 valence electrons. The highest BCUT2D eigenvalue weighted by molar-refractivity contribution is 7.99. The van der Waals surface area contributed by atoms with Crippen LogP contribution in [0.3, 0.4) is 0 Å². The molecule has 1 aromatic carbocycles. The number of carbonyl (C=O) groups is 1. The number of nitrogens with zero attached hydrogens (tertiary/aromatic N) is 5. The highest BCUT2D eigenvalue weighted by atomic mass is 32.2. The maximum atomic E-state index is 13.1. The lowest BCUT2D eigenvalue weighted by atomic mass is 9.94. The van der Waals surface area contributed by atoms with E-state index in [0.29, 0.717) is 11.8 Å². The Balaban J connectivity index is 1.46. The van der Waals surface area contributed by atoms with E-state index in [9.17, 15) is 4.79 Å². The molecule has 7 heteroatoms. The van der Waals surface area contributed by atoms with Crippen LogP contribution in [0.15, 0.2) is 35.5 Å². The molecular weight excluding hydrogens is 418 g/mol. The van der Waals surface area contributed by atoms with Crippen molar-refractivity contribution in [1.82, 2.24) is 24.6 Å². The number of amides is 1. The maximum Gasteiger partial charge on any atom is 0.233 e. The summed E-state index contributed by atoms with van der Waals surface area (Å²) in [7, 11) is 0. The van der Waals surface area contributed by atoms with Crippen LogP contribution in [0, 0.1) is 0 Å². The van der Waals surface area contributed by atoms with Crippen LogP contribution in [0.5, 0.6) is 0 Å². The topological polar surface area (TPSA) is 54.3 Å². The molecule has 1 amide bonds. The van der Waals surface area contributed by atoms with Crippen molar-refractivity contribution in [2.24, 2.45) is 0 Å². The fraction of sp³-hybridized carbons (Fsp3) is 0.640. The summed E-state index contributed by atoms with van der Waals surface area (Å²) < 4.78 is 2.22. The Morgan fingerprint density at radius 2 is 1.72 bits per heavy atom. The third-order valence-corrected chi connectivity index (χ3v) is 7.74. The molecule has 4 rings (SSSR count). The first-order valence-corrected chi connectivity index (χ1v) is 13.3. The van der Waals surface area contributed by atoms with Crippen molar-refractivity contribution in [2.45, 2.75) is 82.6 Å². The van der Waals surface area contributed by atoms with Crippen LogP contribution in [-0.4, -0.2) is 61.9 Å². The lowest BCUT2D eigenvalue weighted by Gasteiger charge is -2.33. The average molecular weight is 456 g/mol. The van der Waals surface area contributed by atoms with Crippen LogP contribution >= 0.6 is 11.8 Å². The Morgan fingerprint density at radius 1 is 1.00 bits per heavy atom. The van der Waals surface area contributed by atoms with Gasteiger partial charge in [0.05, 0.1) is 18.8 Å². The molecule has 1 saturated heterocycles. The second-order valence-corrected chi connectivity index (χ2v) is 10.0. The van der Waals surface area contributed by atoms with E-state index in [1.807, 2.05) is 6.07 Å². The van der Waals surface area contributed by atoms with Crippen LogP contribution in [0.2, 0.25) is 0 Å². The fourth-order valence-corrected chi connectivity index (χ4v) is 5.87. The maximum absolute atomic E-state index is 13.1. The highest BCUT2D eigenvalue weighted by Crippen LogP contribution is 2.25. The van der Waals surface area contributed by atoms with E-state index in [-0.39, 0.29) is 5.91 Å². The van der Waals surface area contributed by atoms with E-state index < -0.39 is 0 Å². The smallest absolute Gasteiger partial charge is 0.233 e. The van der Waals surface area contributed by atoms with Gasteiger partial charge in [0.1, 0.15) is 5.82 Å². The van der Waals surface area contributed by atoms with E-state index in [1.165, 1.54) is 44.1 Å². The summed E-state index contributed by atoms with van der Waals surface area (Å²) in [5.41, 5.74) is 1.23. The second-order valence-electron chi connectivity index (χ2n) is 9.07. The molecule has 1 aliphatic carbocycles. The summed E-state index contributed by atoms with van der Waals surface area (Å²) >= 11 is 1.54. The van der Waals surface area contributed by atoms with E-state index in [2.05, 4.69) is 55.8 Å². The number of hydrogen-bond donors (Lipinski definition) is 0. The minimum absolute atomic E-state index is 0.233. The molecule has 1 saturated carbocycles. The van der Waals surface area contributed by atoms with Gasteiger partial charge in [0.15, 0.2) is 5.16 Å². The van der Waals surface area contributed by atoms with Crippen molar-refractivity contribution in [3.05, 3.63) is 41.7 Å². The highest BCUT2D eigenvalue weighted by Gasteiger charge is 2.25. The predicted octanol–water partition coefficient (Wildman–Crippen LogP) is 4.59. The third kappa shape index (κ3) is 6.13. The van der Waals surface area contributed by atoms with Gasteiger partial charge >= 0.3 is 0 Å². The summed E-state index contributed by atoms with van der Waals surface area (Å²) in [6.45, 7) is 6.73. The van der Waals surface area contributed by atoms with Crippen LogP contribution in [-0.2, 0) is 17.9 Å². The first kappa shape index (κ1) is 23.3. The number of piperidine rings is 1. The molecule has 0 bridgehead atoms. The Hall–Kier alpha value is -1.86. The fourth-order valence-electron chi connectivity index (χ4n) is 5.03. The number of thioether (sulfide) groups is 1. The zero-order valence-electron chi connectivity index (χ0n) is 19.4. The molecule has 2 aliphatic rings. The van der Waals surface area contributed by atoms with Crippen molar-refractivity contribution in [3.8, 4) is 0 Å². The molecule has 0 radical (unpaired) electrons. The van der Waals surface area contributed by atoms with Crippen molar-refractivity contribution in [1.29, 1.82) is 0 Å². The Morgan fingerprint density at radius 3 is 2.44 bits per heavy atom. The molecule has 2 fully saturated rings. The van der Waals surface area contributed by atoms with Gasteiger partial charge in [0, 0.05) is 12.6 Å². The SMILES string of the molecule is CCN(C(=O)CSc1nnc(CN2CCCCC2)n1Cc1ccccc1)C1CCCCC1. The van der Waals surface area contributed by atoms with Gasteiger partial charge in [0.2, 0.25) is 5.91 Å². The van der Waals surface area contributed by atoms with E-state index in [0.717, 1.165) is 56.5 Å². The van der Waals surface area contributed by atoms with Crippen LogP contribution in [0.4, 0.5) is 0 Å². The predicted molar refractivity (Wildman–Crippen MR) is 130 cm³/mol. The van der Waals surface area contributed by atoms with Crippen molar-refractivity contribution in [3.63, 3.8) is 0 Å². The van der Waals surface area contributed by atoms with Crippen molar-refractivity contribution in [2.75, 3.05) is 25.4 Å². The summed E-state index contributed by atoms with van der Waals surface area (Å²) in [6.07, 6.45) is 9.93. The molecule has 2 heterocycles. The van der Waals surface area contributed by atoms with E-state index >= 15 is 0 Å². The number of carbonyl (C=O) groups excluding carboxylic acids is 1. The van der Waals surface area contributed by atoms with E-state index in [1.54, 1.807) is 11.8 Å². The lowest BCUT2D eigenvalue weighted by Crippen LogP contribution is -2.42. The van der Waals surface area contributed by atoms with Gasteiger partial charge in [-0.2, -0.15) is 0 Å². The molecule has 0 atom stereocenters. The van der Waals surface area contributed by atoms with Crippen LogP contribution in [0.1, 0.15) is 69.7 Å². The number of likely N-dealkylation sites (tertiary alicyclic amines) is 1. The van der Waals surface area contributed by atoms with Gasteiger partial charge in [-0.3, -0.25) is 9.69 Å². The lowest BCUT2D eigenvalue weighted by molar-refractivity contribution is -0.131. The van der Waals surface area contributed by atoms with Crippen LogP contribution in [0.25, 0.3) is 0 Å². The Bertz CT molecular complexity index is 843. The largest absolute Gasteiger partial charge is 0.339 e. The van der Waals surface area contributed by atoms with E-state index in [4.69, 9.17) is 0 Å². The zero-order valence-corrected chi connectivity index (χ0v) is 20.2. The molecule has 1 aromatic heterocycles. The second kappa shape index (κ2) is 11.8. The quantitative estimate of drug-likeness (QED) is 0.518. The van der Waals surface area contributed by atoms with Gasteiger partial charge in [-0.25, -0.2) is 0 Å². The van der Waals surface area contributed by atoms with Gasteiger partial charge in [-0.1, -0.05) is 67.8 Å². The zero-order chi connectivity index (χ0) is 22.2. The first-order valence-electron chi connectivity index (χ1n) is 12.3. The van der Waals surface area contributed by atoms with Gasteiger partial charge in [-0.05, 0) is 51.3 Å². The van der Waals surface area contributed by atoms with Crippen molar-refractivity contribution < 1.29 is 4.79 Å². The molecule has 0 unspecified atom stereocenters. The molecule has 0 N–H and O–H groups in total. The van der Waals surface area contributed by atoms with Crippen LogP contribution < -0.4 is 0 Å². The van der Waals surface area contributed by atoms with Gasteiger partial charge in [0.25, 0.3) is 0 Å². The normalized spacial score (nSPS) is 18.0. The number of aromatic nitrogens is 3. The number of rotatable bonds is 9. The standard InChI is InChI=1S/C25H37N5OS/c1-2-29(22-14-8-4-9-15-22)24(31)20-32-25-27-26-23(19-28-16-10-5-11-17-28)30(25)18-21-12-6-3-7-13-21/h3,6-7,12-13,22H,2,4-5,8-11,14-20H2,1H3. The average Bonchev–Trinajstić information content (AvgIpc) is 3.21. The summed E-state index contributed by atoms with van der Waals surface area (Å²) in [4.78, 5) is 17.7. The number of benzene rings is 1. The Labute approximate surface area is 196 Å². The van der Waals surface area contributed by atoms with Gasteiger partial charge < -0.3 is 9.47 Å². The summed E-state index contributed by atoms with van der Waals surface area (Å²) in [5, 5.41) is 9.95. The summed E-state index contributed by atoms with van der Waals surface area (Å²) in [5.74, 6) is 1.67. The first-order chi connectivity index (χ1) is 15.7. The third-order valence-electron chi connectivity index (χ3n) is 6.79. The molecular formula is C25H37N5OS. The molecule has 32 heavy (non-hydrogen) atoms. The summed E-state index contributed by atoms with van der Waals surface area (Å²) in [6, 6.07) is 10.9. The molecule has 6 nitrogen and oxygen atoms in total. The monoisotopic (exact) mass is 455 g/mol. The minimum Gasteiger partial charge on any atom is -0.339 e. The van der Waals surface area contributed by atoms with Gasteiger partial charge in [-0.15, -0.1) is 10.2 Å². The molecule has 2 aromatic rings.